The fraction of sp³-hybridized carbons (Fsp3) is 0.273. The number of aromatic amines is 1. The third-order valence-electron chi connectivity index (χ3n) is 2.40. The van der Waals surface area contributed by atoms with E-state index in [1.54, 1.807) is 0 Å². The number of rotatable bonds is 3. The minimum absolute atomic E-state index is 1.01. The van der Waals surface area contributed by atoms with E-state index in [1.165, 1.54) is 16.5 Å². The van der Waals surface area contributed by atoms with Gasteiger partial charge in [-0.25, -0.2) is 0 Å². The maximum Gasteiger partial charge on any atom is 0.0498 e. The van der Waals surface area contributed by atoms with Crippen LogP contribution in [0.2, 0.25) is 0 Å². The second-order valence-corrected chi connectivity index (χ2v) is 4.18. The van der Waals surface area contributed by atoms with Crippen LogP contribution >= 0.6 is 15.9 Å². The van der Waals surface area contributed by atoms with Crippen molar-refractivity contribution >= 4 is 26.8 Å². The summed E-state index contributed by atoms with van der Waals surface area (Å²) >= 11 is 3.52. The molecule has 0 aliphatic rings. The number of hydrogen-bond acceptors (Lipinski definition) is 1. The second-order valence-electron chi connectivity index (χ2n) is 3.33. The summed E-state index contributed by atoms with van der Waals surface area (Å²) in [6.45, 7) is 1.01. The zero-order valence-electron chi connectivity index (χ0n) is 8.10. The molecule has 1 aromatic heterocycles. The summed E-state index contributed by atoms with van der Waals surface area (Å²) in [6, 6.07) is 6.40. The lowest BCUT2D eigenvalue weighted by molar-refractivity contribution is 0.794. The number of H-pyrrole nitrogens is 1. The molecular weight excluding hydrogens is 240 g/mol. The summed E-state index contributed by atoms with van der Waals surface area (Å²) in [6.07, 6.45) is 3.05. The summed E-state index contributed by atoms with van der Waals surface area (Å²) in [4.78, 5) is 3.29. The van der Waals surface area contributed by atoms with Gasteiger partial charge in [0.05, 0.1) is 0 Å². The molecule has 2 rings (SSSR count). The van der Waals surface area contributed by atoms with E-state index >= 15 is 0 Å². The van der Waals surface area contributed by atoms with Crippen LogP contribution in [0.15, 0.2) is 28.9 Å². The normalized spacial score (nSPS) is 11.0. The van der Waals surface area contributed by atoms with Gasteiger partial charge in [-0.3, -0.25) is 0 Å². The molecule has 14 heavy (non-hydrogen) atoms. The third-order valence-corrected chi connectivity index (χ3v) is 3.05. The van der Waals surface area contributed by atoms with Crippen LogP contribution in [0.25, 0.3) is 10.9 Å². The molecule has 0 unspecified atom stereocenters. The minimum atomic E-state index is 1.01. The Morgan fingerprint density at radius 3 is 3.07 bits per heavy atom. The molecule has 0 fully saturated rings. The molecule has 3 heteroatoms. The van der Waals surface area contributed by atoms with Crippen molar-refractivity contribution in [1.29, 1.82) is 0 Å². The van der Waals surface area contributed by atoms with Crippen LogP contribution in [-0.4, -0.2) is 18.6 Å². The predicted octanol–water partition coefficient (Wildman–Crippen LogP) is 2.69. The zero-order valence-corrected chi connectivity index (χ0v) is 9.69. The number of benzene rings is 1. The Kier molecular flexibility index (Phi) is 2.89. The van der Waals surface area contributed by atoms with Gasteiger partial charge < -0.3 is 10.3 Å². The van der Waals surface area contributed by atoms with Gasteiger partial charge in [-0.1, -0.05) is 18.2 Å². The van der Waals surface area contributed by atoms with E-state index in [9.17, 15) is 0 Å². The molecule has 0 amide bonds. The highest BCUT2D eigenvalue weighted by molar-refractivity contribution is 9.10. The van der Waals surface area contributed by atoms with E-state index in [0.29, 0.717) is 0 Å². The molecular formula is C11H13BrN2. The Morgan fingerprint density at radius 1 is 1.43 bits per heavy atom. The molecule has 1 heterocycles. The molecule has 0 saturated carbocycles. The molecule has 0 aliphatic carbocycles. The highest BCUT2D eigenvalue weighted by Gasteiger charge is 2.04. The molecule has 0 bridgehead atoms. The number of likely N-dealkylation sites (N-methyl/N-ethyl adjacent to an activating group) is 1. The van der Waals surface area contributed by atoms with Crippen molar-refractivity contribution in [3.05, 3.63) is 34.4 Å². The van der Waals surface area contributed by atoms with Crippen molar-refractivity contribution in [1.82, 2.24) is 10.3 Å². The summed E-state index contributed by atoms with van der Waals surface area (Å²) in [5.74, 6) is 0. The quantitative estimate of drug-likeness (QED) is 0.864. The topological polar surface area (TPSA) is 27.8 Å². The summed E-state index contributed by atoms with van der Waals surface area (Å²) in [5, 5.41) is 4.42. The van der Waals surface area contributed by atoms with E-state index < -0.39 is 0 Å². The van der Waals surface area contributed by atoms with E-state index in [4.69, 9.17) is 0 Å². The van der Waals surface area contributed by atoms with E-state index in [-0.39, 0.29) is 0 Å². The molecule has 2 aromatic rings. The summed E-state index contributed by atoms with van der Waals surface area (Å²) < 4.78 is 1.14. The standard InChI is InChI=1S/C11H13BrN2/c1-13-6-5-8-3-2-4-9-10(12)7-14-11(8)9/h2-4,7,13-14H,5-6H2,1H3. The summed E-state index contributed by atoms with van der Waals surface area (Å²) in [5.41, 5.74) is 2.61. The highest BCUT2D eigenvalue weighted by atomic mass is 79.9. The lowest BCUT2D eigenvalue weighted by atomic mass is 10.1. The molecule has 2 nitrogen and oxygen atoms in total. The van der Waals surface area contributed by atoms with E-state index in [1.807, 2.05) is 13.2 Å². The number of para-hydroxylation sites is 1. The first kappa shape index (κ1) is 9.74. The first-order valence-electron chi connectivity index (χ1n) is 4.72. The van der Waals surface area contributed by atoms with Gasteiger partial charge in [0.2, 0.25) is 0 Å². The van der Waals surface area contributed by atoms with Crippen molar-refractivity contribution in [2.45, 2.75) is 6.42 Å². The number of hydrogen-bond donors (Lipinski definition) is 2. The number of halogens is 1. The lowest BCUT2D eigenvalue weighted by Gasteiger charge is -2.02. The Labute approximate surface area is 91.8 Å². The van der Waals surface area contributed by atoms with Gasteiger partial charge in [-0.05, 0) is 41.5 Å². The highest BCUT2D eigenvalue weighted by Crippen LogP contribution is 2.25. The molecule has 74 valence electrons. The Balaban J connectivity index is 2.44. The lowest BCUT2D eigenvalue weighted by Crippen LogP contribution is -2.10. The average molecular weight is 253 g/mol. The zero-order chi connectivity index (χ0) is 9.97. The largest absolute Gasteiger partial charge is 0.360 e. The molecule has 1 aromatic carbocycles. The van der Waals surface area contributed by atoms with Gasteiger partial charge in [-0.2, -0.15) is 0 Å². The van der Waals surface area contributed by atoms with Gasteiger partial charge in [0.25, 0.3) is 0 Å². The molecule has 0 atom stereocenters. The third kappa shape index (κ3) is 1.70. The van der Waals surface area contributed by atoms with Gasteiger partial charge >= 0.3 is 0 Å². The Bertz CT molecular complexity index is 434. The fourth-order valence-corrected chi connectivity index (χ4v) is 2.10. The van der Waals surface area contributed by atoms with Crippen molar-refractivity contribution in [2.75, 3.05) is 13.6 Å². The number of nitrogens with one attached hydrogen (secondary N) is 2. The van der Waals surface area contributed by atoms with Crippen LogP contribution < -0.4 is 5.32 Å². The average Bonchev–Trinajstić information content (AvgIpc) is 2.58. The Morgan fingerprint density at radius 2 is 2.29 bits per heavy atom. The van der Waals surface area contributed by atoms with E-state index in [2.05, 4.69) is 44.4 Å². The van der Waals surface area contributed by atoms with Crippen LogP contribution in [0.1, 0.15) is 5.56 Å². The smallest absolute Gasteiger partial charge is 0.0498 e. The van der Waals surface area contributed by atoms with Crippen LogP contribution in [0.4, 0.5) is 0 Å². The minimum Gasteiger partial charge on any atom is -0.360 e. The van der Waals surface area contributed by atoms with Crippen LogP contribution in [-0.2, 0) is 6.42 Å². The van der Waals surface area contributed by atoms with Crippen LogP contribution in [0.3, 0.4) is 0 Å². The molecule has 2 N–H and O–H groups in total. The second kappa shape index (κ2) is 4.15. The molecule has 0 spiro atoms. The Hall–Kier alpha value is -0.800. The molecule has 0 saturated heterocycles. The van der Waals surface area contributed by atoms with Gasteiger partial charge in [0, 0.05) is 21.6 Å². The van der Waals surface area contributed by atoms with Gasteiger partial charge in [0.1, 0.15) is 0 Å². The number of fused-ring (bicyclic) bond motifs is 1. The molecule has 0 radical (unpaired) electrons. The monoisotopic (exact) mass is 252 g/mol. The van der Waals surface area contributed by atoms with Gasteiger partial charge in [0.15, 0.2) is 0 Å². The maximum atomic E-state index is 3.52. The van der Waals surface area contributed by atoms with Crippen molar-refractivity contribution in [3.63, 3.8) is 0 Å². The SMILES string of the molecule is CNCCc1cccc2c(Br)c[nH]c12. The molecule has 0 aliphatic heterocycles. The van der Waals surface area contributed by atoms with Crippen LogP contribution in [0, 0.1) is 0 Å². The van der Waals surface area contributed by atoms with Crippen molar-refractivity contribution in [2.24, 2.45) is 0 Å². The first-order valence-corrected chi connectivity index (χ1v) is 5.51. The van der Waals surface area contributed by atoms with Gasteiger partial charge in [-0.15, -0.1) is 0 Å². The van der Waals surface area contributed by atoms with Crippen LogP contribution in [0.5, 0.6) is 0 Å². The van der Waals surface area contributed by atoms with Crippen molar-refractivity contribution in [3.8, 4) is 0 Å². The predicted molar refractivity (Wildman–Crippen MR) is 63.6 cm³/mol. The van der Waals surface area contributed by atoms with Crippen molar-refractivity contribution < 1.29 is 0 Å². The summed E-state index contributed by atoms with van der Waals surface area (Å²) in [7, 11) is 1.98. The maximum absolute atomic E-state index is 3.52. The number of aromatic nitrogens is 1. The first-order chi connectivity index (χ1) is 6.83. The fourth-order valence-electron chi connectivity index (χ4n) is 1.65. The van der Waals surface area contributed by atoms with E-state index in [0.717, 1.165) is 17.4 Å².